The summed E-state index contributed by atoms with van der Waals surface area (Å²) in [7, 11) is 0. The fourth-order valence-electron chi connectivity index (χ4n) is 2.40. The molecule has 0 aliphatic heterocycles. The Balaban J connectivity index is 1.54. The molecular weight excluding hydrogens is 376 g/mol. The molecule has 3 aromatic rings. The van der Waals surface area contributed by atoms with Gasteiger partial charge >= 0.3 is 5.97 Å². The Labute approximate surface area is 166 Å². The van der Waals surface area contributed by atoms with E-state index in [2.05, 4.69) is 5.32 Å². The quantitative estimate of drug-likeness (QED) is 0.567. The van der Waals surface area contributed by atoms with Gasteiger partial charge in [-0.3, -0.25) is 9.59 Å². The predicted octanol–water partition coefficient (Wildman–Crippen LogP) is 2.75. The lowest BCUT2D eigenvalue weighted by atomic mass is 10.2. The van der Waals surface area contributed by atoms with Gasteiger partial charge in [-0.25, -0.2) is 4.79 Å². The first-order chi connectivity index (χ1) is 14.0. The minimum Gasteiger partial charge on any atom is -0.484 e. The van der Waals surface area contributed by atoms with Gasteiger partial charge in [-0.05, 0) is 54.1 Å². The van der Waals surface area contributed by atoms with Gasteiger partial charge in [-0.1, -0.05) is 12.1 Å². The van der Waals surface area contributed by atoms with E-state index in [1.165, 1.54) is 6.26 Å². The van der Waals surface area contributed by atoms with Crippen molar-refractivity contribution in [3.8, 4) is 5.75 Å². The number of nitrogens with one attached hydrogen (secondary N) is 1. The van der Waals surface area contributed by atoms with Crippen LogP contribution in [0.1, 0.15) is 26.5 Å². The molecule has 8 heteroatoms. The number of hydrogen-bond donors (Lipinski definition) is 2. The summed E-state index contributed by atoms with van der Waals surface area (Å²) in [6.07, 6.45) is 1.41. The van der Waals surface area contributed by atoms with Gasteiger partial charge in [-0.2, -0.15) is 0 Å². The van der Waals surface area contributed by atoms with Crippen LogP contribution in [0.2, 0.25) is 0 Å². The topological polar surface area (TPSA) is 121 Å². The zero-order chi connectivity index (χ0) is 20.6. The predicted molar refractivity (Wildman–Crippen MR) is 103 cm³/mol. The molecule has 1 aromatic heterocycles. The zero-order valence-electron chi connectivity index (χ0n) is 15.3. The van der Waals surface area contributed by atoms with E-state index < -0.39 is 11.9 Å². The van der Waals surface area contributed by atoms with Crippen molar-refractivity contribution in [2.24, 2.45) is 5.73 Å². The third-order valence-corrected chi connectivity index (χ3v) is 3.77. The lowest BCUT2D eigenvalue weighted by Gasteiger charge is -2.08. The number of amides is 2. The lowest BCUT2D eigenvalue weighted by Crippen LogP contribution is -2.20. The minimum atomic E-state index is -0.578. The second-order valence-electron chi connectivity index (χ2n) is 5.99. The van der Waals surface area contributed by atoms with Gasteiger partial charge in [0.25, 0.3) is 11.8 Å². The maximum atomic E-state index is 12.2. The van der Waals surface area contributed by atoms with Crippen molar-refractivity contribution >= 4 is 23.5 Å². The van der Waals surface area contributed by atoms with E-state index in [9.17, 15) is 14.4 Å². The van der Waals surface area contributed by atoms with Gasteiger partial charge in [-0.15, -0.1) is 0 Å². The monoisotopic (exact) mass is 394 g/mol. The fourth-order valence-corrected chi connectivity index (χ4v) is 2.40. The SMILES string of the molecule is NC(=O)COc1cccc(COC(=O)c2ccc(NC(=O)c3ccco3)cc2)c1. The molecule has 0 atom stereocenters. The molecule has 0 saturated carbocycles. The van der Waals surface area contributed by atoms with E-state index in [1.807, 2.05) is 0 Å². The van der Waals surface area contributed by atoms with Gasteiger partial charge in [0, 0.05) is 5.69 Å². The number of benzene rings is 2. The van der Waals surface area contributed by atoms with Crippen molar-refractivity contribution in [2.45, 2.75) is 6.61 Å². The Morgan fingerprint density at radius 3 is 2.48 bits per heavy atom. The summed E-state index contributed by atoms with van der Waals surface area (Å²) >= 11 is 0. The molecule has 0 fully saturated rings. The standard InChI is InChI=1S/C21H18N2O6/c22-19(24)13-28-17-4-1-3-14(11-17)12-29-21(26)15-6-8-16(9-7-15)23-20(25)18-5-2-10-27-18/h1-11H,12-13H2,(H2,22,24)(H,23,25). The summed E-state index contributed by atoms with van der Waals surface area (Å²) in [6.45, 7) is -0.199. The molecule has 3 rings (SSSR count). The van der Waals surface area contributed by atoms with Crippen molar-refractivity contribution in [3.63, 3.8) is 0 Å². The highest BCUT2D eigenvalue weighted by Crippen LogP contribution is 2.16. The summed E-state index contributed by atoms with van der Waals surface area (Å²) in [6, 6.07) is 16.3. The zero-order valence-corrected chi connectivity index (χ0v) is 15.3. The van der Waals surface area contributed by atoms with Gasteiger partial charge in [0.2, 0.25) is 0 Å². The Morgan fingerprint density at radius 1 is 1.00 bits per heavy atom. The third kappa shape index (κ3) is 5.70. The number of nitrogens with two attached hydrogens (primary N) is 1. The first-order valence-electron chi connectivity index (χ1n) is 8.63. The van der Waals surface area contributed by atoms with Crippen molar-refractivity contribution in [1.82, 2.24) is 0 Å². The third-order valence-electron chi connectivity index (χ3n) is 3.77. The number of rotatable bonds is 8. The van der Waals surface area contributed by atoms with Crippen LogP contribution in [0.25, 0.3) is 0 Å². The highest BCUT2D eigenvalue weighted by Gasteiger charge is 2.11. The van der Waals surface area contributed by atoms with Crippen molar-refractivity contribution in [2.75, 3.05) is 11.9 Å². The Bertz CT molecular complexity index is 996. The van der Waals surface area contributed by atoms with Gasteiger partial charge in [0.15, 0.2) is 12.4 Å². The summed E-state index contributed by atoms with van der Waals surface area (Å²) in [5.74, 6) is -0.837. The van der Waals surface area contributed by atoms with Crippen LogP contribution < -0.4 is 15.8 Å². The molecular formula is C21H18N2O6. The Hall–Kier alpha value is -4.07. The molecule has 1 heterocycles. The van der Waals surface area contributed by atoms with Crippen LogP contribution in [0.15, 0.2) is 71.3 Å². The second kappa shape index (κ2) is 9.23. The number of furan rings is 1. The first-order valence-corrected chi connectivity index (χ1v) is 8.63. The summed E-state index contributed by atoms with van der Waals surface area (Å²) < 4.78 is 15.5. The molecule has 29 heavy (non-hydrogen) atoms. The summed E-state index contributed by atoms with van der Waals surface area (Å²) in [4.78, 5) is 34.9. The fraction of sp³-hybridized carbons (Fsp3) is 0.0952. The van der Waals surface area contributed by atoms with Gasteiger partial charge in [0.1, 0.15) is 12.4 Å². The van der Waals surface area contributed by atoms with Crippen molar-refractivity contribution in [3.05, 3.63) is 83.8 Å². The summed E-state index contributed by atoms with van der Waals surface area (Å²) in [5.41, 5.74) is 6.59. The maximum absolute atomic E-state index is 12.2. The van der Waals surface area contributed by atoms with Crippen LogP contribution in [0.5, 0.6) is 5.75 Å². The average molecular weight is 394 g/mol. The van der Waals surface area contributed by atoms with Crippen LogP contribution in [-0.2, 0) is 16.1 Å². The van der Waals surface area contributed by atoms with Crippen molar-refractivity contribution in [1.29, 1.82) is 0 Å². The molecule has 8 nitrogen and oxygen atoms in total. The molecule has 3 N–H and O–H groups in total. The number of primary amides is 1. The number of ether oxygens (including phenoxy) is 2. The molecule has 0 spiro atoms. The number of hydrogen-bond acceptors (Lipinski definition) is 6. The molecule has 0 aliphatic rings. The normalized spacial score (nSPS) is 10.2. The molecule has 2 aromatic carbocycles. The number of carbonyl (C=O) groups excluding carboxylic acids is 3. The van der Waals surface area contributed by atoms with E-state index in [4.69, 9.17) is 19.6 Å². The average Bonchev–Trinajstić information content (AvgIpc) is 3.26. The van der Waals surface area contributed by atoms with Crippen molar-refractivity contribution < 1.29 is 28.3 Å². The highest BCUT2D eigenvalue weighted by molar-refractivity contribution is 6.02. The molecule has 0 saturated heterocycles. The maximum Gasteiger partial charge on any atom is 0.338 e. The summed E-state index contributed by atoms with van der Waals surface area (Å²) in [5, 5.41) is 2.66. The van der Waals surface area contributed by atoms with Crippen LogP contribution in [-0.4, -0.2) is 24.4 Å². The second-order valence-corrected chi connectivity index (χ2v) is 5.99. The number of esters is 1. The lowest BCUT2D eigenvalue weighted by molar-refractivity contribution is -0.119. The first kappa shape index (κ1) is 19.7. The van der Waals surface area contributed by atoms with Crippen LogP contribution in [0.3, 0.4) is 0 Å². The van der Waals surface area contributed by atoms with Gasteiger partial charge < -0.3 is 24.9 Å². The van der Waals surface area contributed by atoms with Gasteiger partial charge in [0.05, 0.1) is 11.8 Å². The smallest absolute Gasteiger partial charge is 0.338 e. The van der Waals surface area contributed by atoms with Crippen LogP contribution in [0.4, 0.5) is 5.69 Å². The Morgan fingerprint density at radius 2 is 1.79 bits per heavy atom. The van der Waals surface area contributed by atoms with Crippen LogP contribution >= 0.6 is 0 Å². The Kier molecular flexibility index (Phi) is 6.26. The van der Waals surface area contributed by atoms with E-state index in [0.717, 1.165) is 0 Å². The van der Waals surface area contributed by atoms with E-state index >= 15 is 0 Å². The molecule has 148 valence electrons. The van der Waals surface area contributed by atoms with E-state index in [-0.39, 0.29) is 24.9 Å². The van der Waals surface area contributed by atoms with Crippen LogP contribution in [0, 0.1) is 0 Å². The molecule has 0 unspecified atom stereocenters. The molecule has 0 radical (unpaired) electrons. The van der Waals surface area contributed by atoms with E-state index in [1.54, 1.807) is 60.7 Å². The molecule has 2 amide bonds. The molecule has 0 aliphatic carbocycles. The highest BCUT2D eigenvalue weighted by atomic mass is 16.5. The number of carbonyl (C=O) groups is 3. The van der Waals surface area contributed by atoms with E-state index in [0.29, 0.717) is 22.6 Å². The molecule has 0 bridgehead atoms. The largest absolute Gasteiger partial charge is 0.484 e. The number of anilines is 1. The minimum absolute atomic E-state index is 0.0313.